The van der Waals surface area contributed by atoms with Gasteiger partial charge >= 0.3 is 0 Å². The van der Waals surface area contributed by atoms with Crippen molar-refractivity contribution in [3.05, 3.63) is 45.9 Å². The van der Waals surface area contributed by atoms with E-state index in [1.807, 2.05) is 37.4 Å². The van der Waals surface area contributed by atoms with Crippen LogP contribution in [0.1, 0.15) is 35.4 Å². The lowest BCUT2D eigenvalue weighted by Crippen LogP contribution is -2.39. The van der Waals surface area contributed by atoms with Crippen molar-refractivity contribution in [2.45, 2.75) is 32.9 Å². The second-order valence-corrected chi connectivity index (χ2v) is 6.64. The molecule has 0 spiro atoms. The van der Waals surface area contributed by atoms with E-state index in [0.29, 0.717) is 19.0 Å². The van der Waals surface area contributed by atoms with E-state index >= 15 is 0 Å². The summed E-state index contributed by atoms with van der Waals surface area (Å²) in [6, 6.07) is 7.39. The number of aromatic nitrogens is 1. The first-order valence-electron chi connectivity index (χ1n) is 8.44. The molecule has 8 heteroatoms. The van der Waals surface area contributed by atoms with Gasteiger partial charge in [0.25, 0.3) is 0 Å². The molecule has 0 aliphatic heterocycles. The number of nitrogens with one attached hydrogen (secondary N) is 2. The van der Waals surface area contributed by atoms with Crippen LogP contribution in [0.25, 0.3) is 0 Å². The summed E-state index contributed by atoms with van der Waals surface area (Å²) in [5.41, 5.74) is 0.830. The van der Waals surface area contributed by atoms with Crippen LogP contribution in [0.15, 0.2) is 35.5 Å². The highest BCUT2D eigenvalue weighted by atomic mass is 127. The second kappa shape index (κ2) is 12.1. The maximum atomic E-state index is 10.3. The molecule has 6 nitrogen and oxygen atoms in total. The van der Waals surface area contributed by atoms with E-state index in [4.69, 9.17) is 4.74 Å². The first-order valence-corrected chi connectivity index (χ1v) is 9.25. The molecule has 0 aliphatic rings. The predicted molar refractivity (Wildman–Crippen MR) is 118 cm³/mol. The molecule has 0 radical (unpaired) electrons. The highest BCUT2D eigenvalue weighted by Gasteiger charge is 2.09. The molecule has 0 saturated heterocycles. The van der Waals surface area contributed by atoms with Crippen LogP contribution >= 0.6 is 35.3 Å². The highest BCUT2D eigenvalue weighted by molar-refractivity contribution is 14.0. The van der Waals surface area contributed by atoms with Crippen molar-refractivity contribution in [2.24, 2.45) is 4.99 Å². The number of ether oxygens (including phenoxy) is 1. The Kier molecular flexibility index (Phi) is 10.5. The second-order valence-electron chi connectivity index (χ2n) is 5.44. The Bertz CT molecular complexity index is 676. The maximum absolute atomic E-state index is 10.3. The van der Waals surface area contributed by atoms with Crippen LogP contribution < -0.4 is 15.4 Å². The average Bonchev–Trinajstić information content (AvgIpc) is 3.12. The summed E-state index contributed by atoms with van der Waals surface area (Å²) in [5, 5.41) is 17.7. The Morgan fingerprint density at radius 2 is 2.00 bits per heavy atom. The number of nitrogens with zero attached hydrogens (tertiary/aromatic N) is 2. The highest BCUT2D eigenvalue weighted by Crippen LogP contribution is 2.17. The fourth-order valence-corrected chi connectivity index (χ4v) is 3.00. The van der Waals surface area contributed by atoms with Crippen molar-refractivity contribution in [3.8, 4) is 5.75 Å². The average molecular weight is 490 g/mol. The first-order chi connectivity index (χ1) is 12.2. The number of halogens is 1. The third-order valence-corrected chi connectivity index (χ3v) is 4.76. The van der Waals surface area contributed by atoms with Gasteiger partial charge in [0.15, 0.2) is 5.96 Å². The minimum absolute atomic E-state index is 0. The number of methoxy groups -OCH3 is 1. The molecule has 2 rings (SSSR count). The zero-order chi connectivity index (χ0) is 18.1. The van der Waals surface area contributed by atoms with Crippen molar-refractivity contribution in [2.75, 3.05) is 20.2 Å². The molecule has 1 heterocycles. The van der Waals surface area contributed by atoms with Crippen LogP contribution in [0.3, 0.4) is 0 Å². The van der Waals surface area contributed by atoms with Crippen molar-refractivity contribution >= 4 is 41.3 Å². The molecule has 0 bridgehead atoms. The predicted octanol–water partition coefficient (Wildman–Crippen LogP) is 3.12. The minimum atomic E-state index is -0.624. The zero-order valence-corrected chi connectivity index (χ0v) is 18.5. The molecule has 0 fully saturated rings. The molecule has 144 valence electrons. The van der Waals surface area contributed by atoms with Crippen molar-refractivity contribution in [3.63, 3.8) is 0 Å². The molecule has 3 N–H and O–H groups in total. The van der Waals surface area contributed by atoms with Crippen molar-refractivity contribution < 1.29 is 9.84 Å². The van der Waals surface area contributed by atoms with Crippen LogP contribution in [0.2, 0.25) is 0 Å². The number of aliphatic imine (C=N–C) groups is 1. The van der Waals surface area contributed by atoms with E-state index in [9.17, 15) is 5.11 Å². The number of benzene rings is 1. The van der Waals surface area contributed by atoms with E-state index in [1.54, 1.807) is 18.4 Å². The van der Waals surface area contributed by atoms with Gasteiger partial charge in [0.1, 0.15) is 10.8 Å². The van der Waals surface area contributed by atoms with Crippen LogP contribution in [-0.4, -0.2) is 36.2 Å². The Hall–Kier alpha value is -1.39. The van der Waals surface area contributed by atoms with Gasteiger partial charge in [-0.25, -0.2) is 9.98 Å². The van der Waals surface area contributed by atoms with Crippen LogP contribution in [0.5, 0.6) is 5.75 Å². The van der Waals surface area contributed by atoms with Crippen LogP contribution in [0.4, 0.5) is 0 Å². The number of aliphatic hydroxyl groups is 1. The van der Waals surface area contributed by atoms with Gasteiger partial charge in [0.05, 0.1) is 19.8 Å². The fraction of sp³-hybridized carbons (Fsp3) is 0.444. The molecule has 2 aromatic rings. The smallest absolute Gasteiger partial charge is 0.191 e. The van der Waals surface area contributed by atoms with E-state index in [1.165, 1.54) is 4.88 Å². The Morgan fingerprint density at radius 3 is 2.58 bits per heavy atom. The van der Waals surface area contributed by atoms with E-state index < -0.39 is 6.10 Å². The molecule has 0 aliphatic carbocycles. The van der Waals surface area contributed by atoms with Gasteiger partial charge in [-0.2, -0.15) is 0 Å². The quantitative estimate of drug-likeness (QED) is 0.301. The van der Waals surface area contributed by atoms with Gasteiger partial charge in [-0.05, 0) is 31.0 Å². The molecule has 1 atom stereocenters. The molecule has 1 aromatic carbocycles. The fourth-order valence-electron chi connectivity index (χ4n) is 2.21. The summed E-state index contributed by atoms with van der Waals surface area (Å²) >= 11 is 1.68. The Morgan fingerprint density at radius 1 is 1.27 bits per heavy atom. The van der Waals surface area contributed by atoms with E-state index in [2.05, 4.69) is 27.5 Å². The number of hydrogen-bond acceptors (Lipinski definition) is 5. The van der Waals surface area contributed by atoms with E-state index in [-0.39, 0.29) is 24.0 Å². The van der Waals surface area contributed by atoms with Gasteiger partial charge in [-0.15, -0.1) is 35.3 Å². The van der Waals surface area contributed by atoms with Crippen LogP contribution in [-0.2, 0) is 13.0 Å². The van der Waals surface area contributed by atoms with Gasteiger partial charge < -0.3 is 20.5 Å². The summed E-state index contributed by atoms with van der Waals surface area (Å²) in [6.45, 7) is 5.78. The molecular weight excluding hydrogens is 463 g/mol. The topological polar surface area (TPSA) is 78.8 Å². The summed E-state index contributed by atoms with van der Waals surface area (Å²) in [6.07, 6.45) is 2.28. The lowest BCUT2D eigenvalue weighted by molar-refractivity contribution is 0.180. The Balaban J connectivity index is 0.00000338. The van der Waals surface area contributed by atoms with Crippen LogP contribution in [0, 0.1) is 0 Å². The molecule has 0 saturated carbocycles. The van der Waals surface area contributed by atoms with Gasteiger partial charge in [-0.3, -0.25) is 0 Å². The summed E-state index contributed by atoms with van der Waals surface area (Å²) in [7, 11) is 1.62. The lowest BCUT2D eigenvalue weighted by atomic mass is 10.1. The standard InChI is InChI=1S/C18H26N4O2S.HI/c1-4-15-10-20-17(25-15)12-22-18(19-5-2)21-11-16(23)13-6-8-14(24-3)9-7-13;/h6-10,16,23H,4-5,11-12H2,1-3H3,(H2,19,21,22);1H. The lowest BCUT2D eigenvalue weighted by Gasteiger charge is -2.15. The SMILES string of the molecule is CCNC(=NCc1ncc(CC)s1)NCC(O)c1ccc(OC)cc1.I. The molecule has 26 heavy (non-hydrogen) atoms. The van der Waals surface area contributed by atoms with E-state index in [0.717, 1.165) is 29.3 Å². The monoisotopic (exact) mass is 490 g/mol. The zero-order valence-electron chi connectivity index (χ0n) is 15.4. The maximum Gasteiger partial charge on any atom is 0.191 e. The number of thiazole rings is 1. The molecule has 0 amide bonds. The third kappa shape index (κ3) is 7.08. The van der Waals surface area contributed by atoms with Gasteiger partial charge in [0.2, 0.25) is 0 Å². The minimum Gasteiger partial charge on any atom is -0.497 e. The molecular formula is C18H27IN4O2S. The number of rotatable bonds is 8. The summed E-state index contributed by atoms with van der Waals surface area (Å²) < 4.78 is 5.13. The Labute approximate surface area is 176 Å². The largest absolute Gasteiger partial charge is 0.497 e. The van der Waals surface area contributed by atoms with Crippen molar-refractivity contribution in [1.29, 1.82) is 0 Å². The number of aryl methyl sites for hydroxylation is 1. The summed E-state index contributed by atoms with van der Waals surface area (Å²) in [4.78, 5) is 10.2. The molecule has 1 unspecified atom stereocenters. The molecule has 1 aromatic heterocycles. The van der Waals surface area contributed by atoms with Gasteiger partial charge in [-0.1, -0.05) is 19.1 Å². The van der Waals surface area contributed by atoms with Crippen molar-refractivity contribution in [1.82, 2.24) is 15.6 Å². The first kappa shape index (κ1) is 22.7. The summed E-state index contributed by atoms with van der Waals surface area (Å²) in [5.74, 6) is 1.44. The normalized spacial score (nSPS) is 12.2. The number of guanidine groups is 1. The number of hydrogen-bond donors (Lipinski definition) is 3. The van der Waals surface area contributed by atoms with Gasteiger partial charge in [0, 0.05) is 24.2 Å². The third-order valence-electron chi connectivity index (χ3n) is 3.63. The number of aliphatic hydroxyl groups excluding tert-OH is 1.